The highest BCUT2D eigenvalue weighted by molar-refractivity contribution is 5.75. The van der Waals surface area contributed by atoms with E-state index in [1.807, 2.05) is 0 Å². The number of hydroxylamine groups is 1. The maximum atomic E-state index is 11.7. The summed E-state index contributed by atoms with van der Waals surface area (Å²) < 4.78 is 31.2. The standard InChI is InChI=1S/C20H33N3O6.C20H32N2O6/c1-3-27-20(25)14(2)28-13-17-21-19(29-23-17)16(12-18(24)22-26)11-7-10-15-8-5-4-6-9-15;1-3-26-20(25)14(2)27-13-17-21-19(28-22-17)16(12-18(23)24)11-7-10-15-8-5-4-6-9-15/h14-16,26H,3-13H2,1-2H3,(H,22,24);14-16H,3-13H2,1-2H3,(H,23,24)/t2*14?,16-/m11/s1. The van der Waals surface area contributed by atoms with Gasteiger partial charge in [-0.2, -0.15) is 9.97 Å². The first-order valence-electron chi connectivity index (χ1n) is 20.9. The van der Waals surface area contributed by atoms with Crippen LogP contribution in [0.4, 0.5) is 0 Å². The van der Waals surface area contributed by atoms with E-state index in [2.05, 4.69) is 20.3 Å². The molecular formula is C40H65N5O12. The van der Waals surface area contributed by atoms with Gasteiger partial charge in [0.15, 0.2) is 23.9 Å². The summed E-state index contributed by atoms with van der Waals surface area (Å²) in [5.41, 5.74) is 1.67. The number of amides is 1. The quantitative estimate of drug-likeness (QED) is 0.0544. The maximum absolute atomic E-state index is 11.7. The number of carbonyl (C=O) groups excluding carboxylic acids is 3. The van der Waals surface area contributed by atoms with Crippen molar-refractivity contribution < 1.29 is 57.5 Å². The second-order valence-corrected chi connectivity index (χ2v) is 15.1. The highest BCUT2D eigenvalue weighted by Crippen LogP contribution is 2.32. The van der Waals surface area contributed by atoms with Gasteiger partial charge in [0.05, 0.1) is 19.6 Å². The van der Waals surface area contributed by atoms with Crippen molar-refractivity contribution in [3.63, 3.8) is 0 Å². The predicted octanol–water partition coefficient (Wildman–Crippen LogP) is 7.11. The highest BCUT2D eigenvalue weighted by atomic mass is 16.6. The van der Waals surface area contributed by atoms with Gasteiger partial charge < -0.3 is 33.1 Å². The summed E-state index contributed by atoms with van der Waals surface area (Å²) in [7, 11) is 0. The van der Waals surface area contributed by atoms with Gasteiger partial charge in [-0.3, -0.25) is 14.8 Å². The number of aliphatic carboxylic acids is 1. The lowest BCUT2D eigenvalue weighted by molar-refractivity contribution is -0.157. The van der Waals surface area contributed by atoms with Gasteiger partial charge in [-0.05, 0) is 52.4 Å². The van der Waals surface area contributed by atoms with Crippen LogP contribution in [0, 0.1) is 11.8 Å². The summed E-state index contributed by atoms with van der Waals surface area (Å²) in [6.45, 7) is 7.23. The predicted molar refractivity (Wildman–Crippen MR) is 203 cm³/mol. The SMILES string of the molecule is CCOC(=O)C(C)OCc1noc([C@H](CCCC2CCCCC2)CC(=O)NO)n1.CCOC(=O)C(C)OCc1noc([C@H](CCCC2CCCCC2)CC(=O)O)n1. The summed E-state index contributed by atoms with van der Waals surface area (Å²) in [4.78, 5) is 54.7. The molecule has 0 aliphatic heterocycles. The molecule has 2 aromatic rings. The lowest BCUT2D eigenvalue weighted by Gasteiger charge is -2.22. The maximum Gasteiger partial charge on any atom is 0.334 e. The molecule has 17 nitrogen and oxygen atoms in total. The number of nitrogens with zero attached hydrogens (tertiary/aromatic N) is 4. The fourth-order valence-electron chi connectivity index (χ4n) is 7.40. The molecule has 4 atom stereocenters. The third-order valence-electron chi connectivity index (χ3n) is 10.6. The number of nitrogens with one attached hydrogen (secondary N) is 1. The average Bonchev–Trinajstić information content (AvgIpc) is 3.90. The van der Waals surface area contributed by atoms with Crippen LogP contribution < -0.4 is 5.48 Å². The minimum Gasteiger partial charge on any atom is -0.481 e. The van der Waals surface area contributed by atoms with Gasteiger partial charge in [-0.25, -0.2) is 15.1 Å². The van der Waals surface area contributed by atoms with E-state index in [4.69, 9.17) is 33.2 Å². The van der Waals surface area contributed by atoms with Crippen molar-refractivity contribution in [3.05, 3.63) is 23.4 Å². The monoisotopic (exact) mass is 807 g/mol. The first-order chi connectivity index (χ1) is 27.5. The Morgan fingerprint density at radius 2 is 1.12 bits per heavy atom. The minimum absolute atomic E-state index is 0.00444. The van der Waals surface area contributed by atoms with E-state index in [-0.39, 0.29) is 51.1 Å². The molecule has 57 heavy (non-hydrogen) atoms. The van der Waals surface area contributed by atoms with Crippen LogP contribution >= 0.6 is 0 Å². The van der Waals surface area contributed by atoms with Gasteiger partial charge in [0.25, 0.3) is 0 Å². The van der Waals surface area contributed by atoms with Crippen LogP contribution in [0.15, 0.2) is 9.05 Å². The normalized spacial score (nSPS) is 17.1. The minimum atomic E-state index is -0.880. The van der Waals surface area contributed by atoms with Gasteiger partial charge in [0.2, 0.25) is 17.7 Å². The zero-order valence-corrected chi connectivity index (χ0v) is 34.3. The first kappa shape index (κ1) is 47.4. The molecule has 3 N–H and O–H groups in total. The van der Waals surface area contributed by atoms with E-state index < -0.39 is 36.0 Å². The van der Waals surface area contributed by atoms with Crippen LogP contribution in [0.2, 0.25) is 0 Å². The zero-order chi connectivity index (χ0) is 41.4. The molecule has 0 bridgehead atoms. The number of esters is 2. The third-order valence-corrected chi connectivity index (χ3v) is 10.6. The van der Waals surface area contributed by atoms with Gasteiger partial charge in [-0.15, -0.1) is 0 Å². The first-order valence-corrected chi connectivity index (χ1v) is 20.9. The van der Waals surface area contributed by atoms with Gasteiger partial charge in [0, 0.05) is 18.3 Å². The Morgan fingerprint density at radius 1 is 0.702 bits per heavy atom. The number of hydrogen-bond donors (Lipinski definition) is 3. The van der Waals surface area contributed by atoms with Crippen LogP contribution in [0.3, 0.4) is 0 Å². The molecule has 0 aromatic carbocycles. The van der Waals surface area contributed by atoms with Crippen molar-refractivity contribution in [1.82, 2.24) is 25.8 Å². The highest BCUT2D eigenvalue weighted by Gasteiger charge is 2.26. The molecule has 0 spiro atoms. The lowest BCUT2D eigenvalue weighted by atomic mass is 9.84. The van der Waals surface area contributed by atoms with Gasteiger partial charge in [-0.1, -0.05) is 100 Å². The summed E-state index contributed by atoms with van der Waals surface area (Å²) in [6, 6.07) is 0. The molecule has 2 heterocycles. The number of carboxylic acids is 1. The molecule has 2 aromatic heterocycles. The van der Waals surface area contributed by atoms with Crippen molar-refractivity contribution in [2.75, 3.05) is 13.2 Å². The van der Waals surface area contributed by atoms with Crippen LogP contribution in [-0.4, -0.2) is 79.8 Å². The van der Waals surface area contributed by atoms with E-state index in [1.165, 1.54) is 64.2 Å². The van der Waals surface area contributed by atoms with Crippen molar-refractivity contribution >= 4 is 23.8 Å². The molecule has 17 heteroatoms. The Bertz CT molecular complexity index is 1460. The summed E-state index contributed by atoms with van der Waals surface area (Å²) >= 11 is 0. The van der Waals surface area contributed by atoms with Crippen LogP contribution in [0.1, 0.15) is 179 Å². The second kappa shape index (κ2) is 26.9. The molecule has 0 saturated heterocycles. The van der Waals surface area contributed by atoms with E-state index in [0.717, 1.165) is 43.9 Å². The second-order valence-electron chi connectivity index (χ2n) is 15.1. The molecular weight excluding hydrogens is 742 g/mol. The molecule has 4 rings (SSSR count). The number of aromatic nitrogens is 4. The fraction of sp³-hybridized carbons (Fsp3) is 0.800. The van der Waals surface area contributed by atoms with E-state index in [1.54, 1.807) is 33.2 Å². The number of hydrogen-bond acceptors (Lipinski definition) is 15. The average molecular weight is 808 g/mol. The van der Waals surface area contributed by atoms with Crippen LogP contribution in [0.5, 0.6) is 0 Å². The van der Waals surface area contributed by atoms with Gasteiger partial charge in [0.1, 0.15) is 13.2 Å². The molecule has 2 aliphatic carbocycles. The Labute approximate surface area is 335 Å². The molecule has 2 fully saturated rings. The van der Waals surface area contributed by atoms with Crippen LogP contribution in [-0.2, 0) is 51.3 Å². The summed E-state index contributed by atoms with van der Waals surface area (Å²) in [6.07, 6.45) is 17.2. The van der Waals surface area contributed by atoms with E-state index >= 15 is 0 Å². The van der Waals surface area contributed by atoms with Crippen molar-refractivity contribution in [2.24, 2.45) is 11.8 Å². The van der Waals surface area contributed by atoms with Crippen molar-refractivity contribution in [2.45, 2.75) is 181 Å². The number of carboxylic acid groups (broad SMARTS) is 1. The Hall–Kier alpha value is -3.96. The molecule has 2 saturated carbocycles. The molecule has 2 unspecified atom stereocenters. The van der Waals surface area contributed by atoms with E-state index in [0.29, 0.717) is 29.9 Å². The largest absolute Gasteiger partial charge is 0.481 e. The summed E-state index contributed by atoms with van der Waals surface area (Å²) in [5, 5.41) is 25.8. The third kappa shape index (κ3) is 18.5. The van der Waals surface area contributed by atoms with Gasteiger partial charge >= 0.3 is 17.9 Å². The topological polar surface area (TPSA) is 236 Å². The number of rotatable bonds is 24. The fourth-order valence-corrected chi connectivity index (χ4v) is 7.40. The Kier molecular flexibility index (Phi) is 22.3. The smallest absolute Gasteiger partial charge is 0.334 e. The van der Waals surface area contributed by atoms with Crippen LogP contribution in [0.25, 0.3) is 0 Å². The van der Waals surface area contributed by atoms with E-state index in [9.17, 15) is 24.3 Å². The Morgan fingerprint density at radius 3 is 1.51 bits per heavy atom. The lowest BCUT2D eigenvalue weighted by Crippen LogP contribution is -2.23. The Balaban J connectivity index is 0.000000306. The molecule has 322 valence electrons. The van der Waals surface area contributed by atoms with Crippen molar-refractivity contribution in [3.8, 4) is 0 Å². The molecule has 1 amide bonds. The number of carbonyl (C=O) groups is 4. The molecule has 0 radical (unpaired) electrons. The summed E-state index contributed by atoms with van der Waals surface area (Å²) in [5.74, 6) is -0.0374. The molecule has 2 aliphatic rings. The zero-order valence-electron chi connectivity index (χ0n) is 34.3. The number of ether oxygens (including phenoxy) is 4. The van der Waals surface area contributed by atoms with Crippen molar-refractivity contribution in [1.29, 1.82) is 0 Å².